The number of hydrogen-bond donors (Lipinski definition) is 1. The van der Waals surface area contributed by atoms with Crippen LogP contribution in [0.2, 0.25) is 0 Å². The highest BCUT2D eigenvalue weighted by atomic mass is 16.5. The molecule has 1 N–H and O–H groups in total. The molecule has 2 saturated carbocycles. The number of pyridine rings is 1. The monoisotopic (exact) mass is 336 g/mol. The van der Waals surface area contributed by atoms with E-state index in [1.807, 2.05) is 24.3 Å². The zero-order valence-corrected chi connectivity index (χ0v) is 14.5. The van der Waals surface area contributed by atoms with Crippen LogP contribution in [-0.2, 0) is 0 Å². The fraction of sp³-hybridized carbons (Fsp3) is 0.429. The second kappa shape index (κ2) is 6.87. The zero-order chi connectivity index (χ0) is 17.2. The molecule has 4 rings (SSSR count). The molecule has 0 spiro atoms. The molecule has 130 valence electrons. The second-order valence-corrected chi connectivity index (χ2v) is 7.13. The normalized spacial score (nSPS) is 27.7. The third-order valence-electron chi connectivity index (χ3n) is 5.88. The average Bonchev–Trinajstić information content (AvgIpc) is 2.67. The van der Waals surface area contributed by atoms with Gasteiger partial charge in [-0.05, 0) is 54.5 Å². The molecule has 2 aromatic rings. The van der Waals surface area contributed by atoms with Crippen LogP contribution in [0.3, 0.4) is 0 Å². The molecule has 0 aliphatic heterocycles. The summed E-state index contributed by atoms with van der Waals surface area (Å²) in [7, 11) is 1.69. The van der Waals surface area contributed by atoms with Crippen LogP contribution in [0, 0.1) is 11.8 Å². The van der Waals surface area contributed by atoms with E-state index in [1.165, 1.54) is 31.2 Å². The summed E-state index contributed by atoms with van der Waals surface area (Å²) in [6.07, 6.45) is 6.71. The molecule has 2 fully saturated rings. The lowest BCUT2D eigenvalue weighted by Gasteiger charge is -2.55. The first-order valence-electron chi connectivity index (χ1n) is 9.14. The van der Waals surface area contributed by atoms with E-state index in [0.29, 0.717) is 23.4 Å². The predicted octanol–water partition coefficient (Wildman–Crippen LogP) is 3.79. The van der Waals surface area contributed by atoms with Gasteiger partial charge in [0.2, 0.25) is 0 Å². The van der Waals surface area contributed by atoms with E-state index >= 15 is 0 Å². The molecule has 4 heteroatoms. The van der Waals surface area contributed by atoms with Crippen LogP contribution in [-0.4, -0.2) is 24.0 Å². The predicted molar refractivity (Wildman–Crippen MR) is 96.7 cm³/mol. The first-order valence-corrected chi connectivity index (χ1v) is 9.14. The minimum Gasteiger partial charge on any atom is -0.497 e. The van der Waals surface area contributed by atoms with Crippen LogP contribution < -0.4 is 10.1 Å². The SMILES string of the molecule is COc1ccc([C@H]2[C@@H]3CCCC[C@@H]3[C@@H]2NC(=O)c2ccccn2)cc1. The maximum absolute atomic E-state index is 12.6. The molecule has 1 heterocycles. The van der Waals surface area contributed by atoms with E-state index in [4.69, 9.17) is 4.74 Å². The Balaban J connectivity index is 1.56. The third-order valence-corrected chi connectivity index (χ3v) is 5.88. The topological polar surface area (TPSA) is 51.2 Å². The quantitative estimate of drug-likeness (QED) is 0.924. The van der Waals surface area contributed by atoms with Gasteiger partial charge in [0.05, 0.1) is 7.11 Å². The van der Waals surface area contributed by atoms with Crippen molar-refractivity contribution in [2.75, 3.05) is 7.11 Å². The number of ether oxygens (including phenoxy) is 1. The molecular formula is C21H24N2O2. The summed E-state index contributed by atoms with van der Waals surface area (Å²) in [4.78, 5) is 16.8. The number of carbonyl (C=O) groups excluding carboxylic acids is 1. The lowest BCUT2D eigenvalue weighted by atomic mass is 9.53. The number of rotatable bonds is 4. The van der Waals surface area contributed by atoms with Crippen molar-refractivity contribution in [3.8, 4) is 5.75 Å². The molecule has 25 heavy (non-hydrogen) atoms. The van der Waals surface area contributed by atoms with Gasteiger partial charge in [-0.2, -0.15) is 0 Å². The van der Waals surface area contributed by atoms with E-state index in [9.17, 15) is 4.79 Å². The molecule has 0 unspecified atom stereocenters. The van der Waals surface area contributed by atoms with E-state index in [-0.39, 0.29) is 11.9 Å². The van der Waals surface area contributed by atoms with Crippen molar-refractivity contribution in [2.24, 2.45) is 11.8 Å². The smallest absolute Gasteiger partial charge is 0.270 e. The molecule has 2 aliphatic carbocycles. The summed E-state index contributed by atoms with van der Waals surface area (Å²) in [6.45, 7) is 0. The van der Waals surface area contributed by atoms with Gasteiger partial charge < -0.3 is 10.1 Å². The summed E-state index contributed by atoms with van der Waals surface area (Å²) < 4.78 is 5.28. The molecule has 1 aromatic heterocycles. The standard InChI is InChI=1S/C21H24N2O2/c1-25-15-11-9-14(10-12-15)19-16-6-2-3-7-17(16)20(19)23-21(24)18-8-4-5-13-22-18/h4-5,8-13,16-17,19-20H,2-3,6-7H2,1H3,(H,23,24)/t16-,17+,19+,20+/m1/s1. The fourth-order valence-electron chi connectivity index (χ4n) is 4.67. The maximum atomic E-state index is 12.6. The number of nitrogens with zero attached hydrogens (tertiary/aromatic N) is 1. The zero-order valence-electron chi connectivity index (χ0n) is 14.5. The van der Waals surface area contributed by atoms with Crippen LogP contribution in [0.4, 0.5) is 0 Å². The van der Waals surface area contributed by atoms with Gasteiger partial charge in [-0.1, -0.05) is 31.0 Å². The second-order valence-electron chi connectivity index (χ2n) is 7.13. The molecule has 2 aliphatic rings. The third kappa shape index (κ3) is 3.01. The number of amides is 1. The first-order chi connectivity index (χ1) is 12.3. The van der Waals surface area contributed by atoms with Crippen molar-refractivity contribution in [1.82, 2.24) is 10.3 Å². The van der Waals surface area contributed by atoms with Gasteiger partial charge in [-0.3, -0.25) is 9.78 Å². The van der Waals surface area contributed by atoms with Gasteiger partial charge >= 0.3 is 0 Å². The summed E-state index contributed by atoms with van der Waals surface area (Å²) in [5.74, 6) is 2.47. The van der Waals surface area contributed by atoms with Gasteiger partial charge in [0.1, 0.15) is 11.4 Å². The van der Waals surface area contributed by atoms with Gasteiger partial charge in [-0.25, -0.2) is 0 Å². The Bertz CT molecular complexity index is 729. The Kier molecular flexibility index (Phi) is 4.43. The van der Waals surface area contributed by atoms with Crippen molar-refractivity contribution >= 4 is 5.91 Å². The van der Waals surface area contributed by atoms with Crippen LogP contribution in [0.15, 0.2) is 48.7 Å². The largest absolute Gasteiger partial charge is 0.497 e. The lowest BCUT2D eigenvalue weighted by molar-refractivity contribution is 0.0250. The van der Waals surface area contributed by atoms with E-state index in [1.54, 1.807) is 19.4 Å². The molecule has 0 saturated heterocycles. The first kappa shape index (κ1) is 16.1. The highest BCUT2D eigenvalue weighted by Gasteiger charge is 2.51. The maximum Gasteiger partial charge on any atom is 0.270 e. The Morgan fingerprint density at radius 2 is 1.84 bits per heavy atom. The highest BCUT2D eigenvalue weighted by molar-refractivity contribution is 5.92. The highest BCUT2D eigenvalue weighted by Crippen LogP contribution is 2.54. The van der Waals surface area contributed by atoms with Crippen molar-refractivity contribution in [3.63, 3.8) is 0 Å². The Labute approximate surface area is 148 Å². The van der Waals surface area contributed by atoms with Crippen LogP contribution in [0.5, 0.6) is 5.75 Å². The Hall–Kier alpha value is -2.36. The van der Waals surface area contributed by atoms with Crippen molar-refractivity contribution < 1.29 is 9.53 Å². The van der Waals surface area contributed by atoms with Crippen molar-refractivity contribution in [2.45, 2.75) is 37.6 Å². The minimum absolute atomic E-state index is 0.0619. The van der Waals surface area contributed by atoms with Gasteiger partial charge in [0.25, 0.3) is 5.91 Å². The Morgan fingerprint density at radius 1 is 1.08 bits per heavy atom. The van der Waals surface area contributed by atoms with Gasteiger partial charge in [0, 0.05) is 18.2 Å². The molecule has 0 bridgehead atoms. The van der Waals surface area contributed by atoms with Crippen molar-refractivity contribution in [3.05, 3.63) is 59.9 Å². The molecule has 4 atom stereocenters. The van der Waals surface area contributed by atoms with E-state index in [0.717, 1.165) is 5.75 Å². The number of nitrogens with one attached hydrogen (secondary N) is 1. The number of carbonyl (C=O) groups is 1. The summed E-state index contributed by atoms with van der Waals surface area (Å²) in [5, 5.41) is 3.28. The summed E-state index contributed by atoms with van der Waals surface area (Å²) in [5.41, 5.74) is 1.80. The van der Waals surface area contributed by atoms with Crippen LogP contribution >= 0.6 is 0 Å². The fourth-order valence-corrected chi connectivity index (χ4v) is 4.67. The molecule has 4 nitrogen and oxygen atoms in total. The van der Waals surface area contributed by atoms with Crippen LogP contribution in [0.25, 0.3) is 0 Å². The molecule has 0 radical (unpaired) electrons. The number of methoxy groups -OCH3 is 1. The average molecular weight is 336 g/mol. The number of aromatic nitrogens is 1. The minimum atomic E-state index is -0.0619. The van der Waals surface area contributed by atoms with Crippen molar-refractivity contribution in [1.29, 1.82) is 0 Å². The Morgan fingerprint density at radius 3 is 2.52 bits per heavy atom. The molecule has 1 amide bonds. The van der Waals surface area contributed by atoms with Gasteiger partial charge in [0.15, 0.2) is 0 Å². The van der Waals surface area contributed by atoms with E-state index < -0.39 is 0 Å². The summed E-state index contributed by atoms with van der Waals surface area (Å²) >= 11 is 0. The summed E-state index contributed by atoms with van der Waals surface area (Å²) in [6, 6.07) is 14.0. The van der Waals surface area contributed by atoms with E-state index in [2.05, 4.69) is 22.4 Å². The number of fused-ring (bicyclic) bond motifs is 1. The van der Waals surface area contributed by atoms with Crippen LogP contribution in [0.1, 0.15) is 47.7 Å². The van der Waals surface area contributed by atoms with Gasteiger partial charge in [-0.15, -0.1) is 0 Å². The molecular weight excluding hydrogens is 312 g/mol. The number of hydrogen-bond acceptors (Lipinski definition) is 3. The molecule has 1 aromatic carbocycles. The number of benzene rings is 1. The lowest BCUT2D eigenvalue weighted by Crippen LogP contribution is -2.59.